The predicted octanol–water partition coefficient (Wildman–Crippen LogP) is 4.01. The first-order valence-electron chi connectivity index (χ1n) is 10.1. The van der Waals surface area contributed by atoms with E-state index in [2.05, 4.69) is 58.2 Å². The fourth-order valence-electron chi connectivity index (χ4n) is 3.88. The molecular weight excluding hydrogens is 392 g/mol. The quantitative estimate of drug-likeness (QED) is 0.592. The molecule has 0 fully saturated rings. The van der Waals surface area contributed by atoms with Crippen molar-refractivity contribution in [1.82, 2.24) is 5.01 Å². The van der Waals surface area contributed by atoms with Crippen molar-refractivity contribution in [2.24, 2.45) is 5.10 Å². The number of amides is 1. The molecule has 0 saturated heterocycles. The average Bonchev–Trinajstić information content (AvgIpc) is 3.07. The number of carbonyl (C=O) groups is 2. The maximum absolute atomic E-state index is 12.6. The number of hydrazone groups is 1. The minimum atomic E-state index is -1.02. The Balaban J connectivity index is 1.62. The summed E-state index contributed by atoms with van der Waals surface area (Å²) in [7, 11) is 0. The number of carboxylic acids is 1. The molecule has 1 amide bonds. The third-order valence-electron chi connectivity index (χ3n) is 5.44. The number of aliphatic carboxylic acids is 1. The predicted molar refractivity (Wildman–Crippen MR) is 119 cm³/mol. The van der Waals surface area contributed by atoms with Gasteiger partial charge in [0.15, 0.2) is 0 Å². The van der Waals surface area contributed by atoms with Crippen LogP contribution in [-0.4, -0.2) is 40.9 Å². The van der Waals surface area contributed by atoms with Gasteiger partial charge in [-0.15, -0.1) is 0 Å². The third kappa shape index (κ3) is 4.19. The Morgan fingerprint density at radius 1 is 1.26 bits per heavy atom. The van der Waals surface area contributed by atoms with Crippen LogP contribution in [0.5, 0.6) is 0 Å². The molecule has 2 aliphatic heterocycles. The zero-order valence-electron chi connectivity index (χ0n) is 17.2. The van der Waals surface area contributed by atoms with Gasteiger partial charge in [-0.05, 0) is 60.3 Å². The number of amidine groups is 1. The van der Waals surface area contributed by atoms with Crippen LogP contribution in [0.25, 0.3) is 10.9 Å². The summed E-state index contributed by atoms with van der Waals surface area (Å²) in [6.45, 7) is 10.3. The number of hydrogen-bond acceptors (Lipinski definition) is 4. The lowest BCUT2D eigenvalue weighted by Crippen LogP contribution is -2.25. The van der Waals surface area contributed by atoms with Gasteiger partial charge >= 0.3 is 11.8 Å². The van der Waals surface area contributed by atoms with Crippen LogP contribution < -0.4 is 4.90 Å². The van der Waals surface area contributed by atoms with Crippen LogP contribution in [0.4, 0.5) is 11.4 Å². The van der Waals surface area contributed by atoms with E-state index in [0.717, 1.165) is 41.3 Å². The number of carboxylic acid groups (broad SMARTS) is 1. The number of carbonyl (C=O) groups excluding carboxylic acids is 1. The summed E-state index contributed by atoms with van der Waals surface area (Å²) in [6.07, 6.45) is 3.42. The average molecular weight is 414 g/mol. The number of hydrogen-bond donors (Lipinski definition) is 1. The van der Waals surface area contributed by atoms with Gasteiger partial charge in [0, 0.05) is 17.9 Å². The Kier molecular flexibility index (Phi) is 5.54. The first-order chi connectivity index (χ1) is 15.0. The van der Waals surface area contributed by atoms with Gasteiger partial charge in [0.1, 0.15) is 0 Å². The molecule has 0 aliphatic carbocycles. The first-order valence-corrected chi connectivity index (χ1v) is 10.1. The molecule has 4 rings (SSSR count). The second-order valence-corrected chi connectivity index (χ2v) is 7.64. The van der Waals surface area contributed by atoms with Crippen molar-refractivity contribution >= 4 is 35.2 Å². The summed E-state index contributed by atoms with van der Waals surface area (Å²) >= 11 is 0. The molecule has 0 atom stereocenters. The summed E-state index contributed by atoms with van der Waals surface area (Å²) in [5.41, 5.74) is 5.74. The van der Waals surface area contributed by atoms with E-state index in [1.165, 1.54) is 11.1 Å². The third-order valence-corrected chi connectivity index (χ3v) is 5.44. The molecule has 156 valence electrons. The molecule has 2 aromatic rings. The van der Waals surface area contributed by atoms with E-state index in [4.69, 9.17) is 11.7 Å². The Morgan fingerprint density at radius 2 is 2.03 bits per heavy atom. The molecule has 31 heavy (non-hydrogen) atoms. The standard InChI is InChI=1S/C24H22N4O3/c1-16-5-8-19(9-6-16)27-12-3-4-18-14-17(7-10-21(18)27)15-20-23(25-2)26-28(24(20)31)13-11-22(29)30/h5-10,14-15H,3-4,11-13H2,1H3,(H,29,30)/b20-15-. The van der Waals surface area contributed by atoms with E-state index in [1.54, 1.807) is 6.08 Å². The Bertz CT molecular complexity index is 1140. The number of benzene rings is 2. The van der Waals surface area contributed by atoms with Crippen molar-refractivity contribution < 1.29 is 14.7 Å². The zero-order chi connectivity index (χ0) is 22.0. The van der Waals surface area contributed by atoms with Crippen molar-refractivity contribution in [3.05, 3.63) is 76.1 Å². The van der Waals surface area contributed by atoms with E-state index in [-0.39, 0.29) is 24.4 Å². The van der Waals surface area contributed by atoms with Gasteiger partial charge in [0.25, 0.3) is 5.91 Å². The summed E-state index contributed by atoms with van der Waals surface area (Å²) in [4.78, 5) is 29.1. The zero-order valence-corrected chi connectivity index (χ0v) is 17.2. The van der Waals surface area contributed by atoms with Gasteiger partial charge in [0.2, 0.25) is 0 Å². The molecule has 0 spiro atoms. The maximum atomic E-state index is 12.6. The van der Waals surface area contributed by atoms with Crippen LogP contribution in [0.2, 0.25) is 0 Å². The van der Waals surface area contributed by atoms with E-state index in [0.29, 0.717) is 0 Å². The highest BCUT2D eigenvalue weighted by molar-refractivity contribution is 6.30. The highest BCUT2D eigenvalue weighted by Gasteiger charge is 2.33. The van der Waals surface area contributed by atoms with Gasteiger partial charge < -0.3 is 14.9 Å². The normalized spacial score (nSPS) is 16.8. The summed E-state index contributed by atoms with van der Waals surface area (Å²) in [5, 5.41) is 13.9. The van der Waals surface area contributed by atoms with E-state index >= 15 is 0 Å². The fourth-order valence-corrected chi connectivity index (χ4v) is 3.88. The lowest BCUT2D eigenvalue weighted by atomic mass is 9.97. The molecule has 0 aromatic heterocycles. The number of fused-ring (bicyclic) bond motifs is 1. The lowest BCUT2D eigenvalue weighted by Gasteiger charge is -2.31. The molecular formula is C24H22N4O3. The fraction of sp³-hybridized carbons (Fsp3) is 0.250. The topological polar surface area (TPSA) is 77.6 Å². The highest BCUT2D eigenvalue weighted by Crippen LogP contribution is 2.34. The molecule has 0 saturated carbocycles. The van der Waals surface area contributed by atoms with Crippen LogP contribution in [-0.2, 0) is 16.0 Å². The van der Waals surface area contributed by atoms with Gasteiger partial charge in [-0.25, -0.2) is 0 Å². The maximum Gasteiger partial charge on any atom is 0.306 e. The van der Waals surface area contributed by atoms with Crippen molar-refractivity contribution in [2.45, 2.75) is 26.2 Å². The van der Waals surface area contributed by atoms with E-state index < -0.39 is 11.9 Å². The molecule has 0 radical (unpaired) electrons. The van der Waals surface area contributed by atoms with Gasteiger partial charge in [-0.1, -0.05) is 36.4 Å². The lowest BCUT2D eigenvalue weighted by molar-refractivity contribution is -0.137. The molecule has 2 aliphatic rings. The molecule has 0 bridgehead atoms. The smallest absolute Gasteiger partial charge is 0.306 e. The molecule has 7 heteroatoms. The minimum absolute atomic E-state index is 0.00519. The first kappa shape index (κ1) is 20.4. The van der Waals surface area contributed by atoms with Crippen LogP contribution in [0.3, 0.4) is 0 Å². The van der Waals surface area contributed by atoms with E-state index in [9.17, 15) is 9.59 Å². The summed E-state index contributed by atoms with van der Waals surface area (Å²) < 4.78 is 0. The van der Waals surface area contributed by atoms with Crippen LogP contribution in [0.15, 0.2) is 53.1 Å². The van der Waals surface area contributed by atoms with Crippen molar-refractivity contribution in [3.8, 4) is 0 Å². The molecule has 1 N–H and O–H groups in total. The van der Waals surface area contributed by atoms with Gasteiger partial charge in [-0.2, -0.15) is 5.01 Å². The van der Waals surface area contributed by atoms with Gasteiger partial charge in [-0.3, -0.25) is 9.59 Å². The van der Waals surface area contributed by atoms with E-state index in [1.807, 2.05) is 6.07 Å². The Labute approximate surface area is 180 Å². The number of aryl methyl sites for hydroxylation is 2. The van der Waals surface area contributed by atoms with Crippen LogP contribution in [0, 0.1) is 13.5 Å². The van der Waals surface area contributed by atoms with Crippen molar-refractivity contribution in [1.29, 1.82) is 0 Å². The number of anilines is 2. The molecule has 7 nitrogen and oxygen atoms in total. The van der Waals surface area contributed by atoms with Crippen molar-refractivity contribution in [2.75, 3.05) is 18.0 Å². The second-order valence-electron chi connectivity index (χ2n) is 7.64. The number of nitrogens with zero attached hydrogens (tertiary/aromatic N) is 4. The number of rotatable bonds is 5. The molecule has 2 heterocycles. The van der Waals surface area contributed by atoms with Crippen LogP contribution >= 0.6 is 0 Å². The minimum Gasteiger partial charge on any atom is -0.481 e. The summed E-state index contributed by atoms with van der Waals surface area (Å²) in [6, 6.07) is 14.5. The molecule has 2 aromatic carbocycles. The van der Waals surface area contributed by atoms with Gasteiger partial charge in [0.05, 0.1) is 18.5 Å². The summed E-state index contributed by atoms with van der Waals surface area (Å²) in [5.74, 6) is -1.46. The SMILES string of the molecule is [C-]#[N+]C1=NN(CCC(=O)O)C(=O)/C1=C\c1ccc2c(c1)CCCN2c1ccc(C)cc1. The van der Waals surface area contributed by atoms with Crippen LogP contribution in [0.1, 0.15) is 29.5 Å². The highest BCUT2D eigenvalue weighted by atomic mass is 16.4. The monoisotopic (exact) mass is 414 g/mol. The second kappa shape index (κ2) is 8.44. The molecule has 0 unspecified atom stereocenters. The Morgan fingerprint density at radius 3 is 2.74 bits per heavy atom. The Hall–Kier alpha value is -3.92. The van der Waals surface area contributed by atoms with Crippen molar-refractivity contribution in [3.63, 3.8) is 0 Å². The largest absolute Gasteiger partial charge is 0.481 e.